The number of H-pyrrole nitrogens is 1. The van der Waals surface area contributed by atoms with Crippen molar-refractivity contribution < 1.29 is 9.90 Å². The average Bonchev–Trinajstić information content (AvgIpc) is 2.74. The van der Waals surface area contributed by atoms with Gasteiger partial charge in [0.05, 0.1) is 5.60 Å². The number of aromatic nitrogens is 1. The van der Waals surface area contributed by atoms with Crippen LogP contribution >= 0.6 is 15.9 Å². The summed E-state index contributed by atoms with van der Waals surface area (Å²) in [6, 6.07) is 1.72. The van der Waals surface area contributed by atoms with Crippen molar-refractivity contribution in [3.8, 4) is 0 Å². The molecule has 0 saturated heterocycles. The molecule has 0 aliphatic heterocycles. The molecule has 1 heterocycles. The van der Waals surface area contributed by atoms with Gasteiger partial charge in [0.25, 0.3) is 5.91 Å². The van der Waals surface area contributed by atoms with Crippen molar-refractivity contribution in [1.29, 1.82) is 0 Å². The van der Waals surface area contributed by atoms with E-state index in [1.165, 1.54) is 0 Å². The van der Waals surface area contributed by atoms with Gasteiger partial charge in [-0.25, -0.2) is 0 Å². The SMILES string of the molecule is CCCC(O)(CCC)CNC(=O)c1cc(Br)c[nH]1. The summed E-state index contributed by atoms with van der Waals surface area (Å²) < 4.78 is 0.838. The van der Waals surface area contributed by atoms with E-state index in [9.17, 15) is 9.90 Å². The molecule has 4 nitrogen and oxygen atoms in total. The summed E-state index contributed by atoms with van der Waals surface area (Å²) in [6.07, 6.45) is 4.92. The molecule has 1 rings (SSSR count). The molecule has 5 heteroatoms. The molecule has 18 heavy (non-hydrogen) atoms. The summed E-state index contributed by atoms with van der Waals surface area (Å²) in [5.41, 5.74) is -0.291. The first-order valence-corrected chi connectivity index (χ1v) is 7.14. The number of hydrogen-bond acceptors (Lipinski definition) is 2. The lowest BCUT2D eigenvalue weighted by Gasteiger charge is -2.27. The molecule has 0 radical (unpaired) electrons. The van der Waals surface area contributed by atoms with Gasteiger partial charge in [0.2, 0.25) is 0 Å². The van der Waals surface area contributed by atoms with Gasteiger partial charge in [-0.15, -0.1) is 0 Å². The van der Waals surface area contributed by atoms with Crippen LogP contribution < -0.4 is 5.32 Å². The molecule has 0 fully saturated rings. The van der Waals surface area contributed by atoms with Crippen molar-refractivity contribution in [2.75, 3.05) is 6.54 Å². The van der Waals surface area contributed by atoms with Gasteiger partial charge in [-0.1, -0.05) is 26.7 Å². The Morgan fingerprint density at radius 3 is 2.50 bits per heavy atom. The Balaban J connectivity index is 2.54. The summed E-state index contributed by atoms with van der Waals surface area (Å²) in [4.78, 5) is 14.7. The maximum absolute atomic E-state index is 11.8. The van der Waals surface area contributed by atoms with E-state index in [4.69, 9.17) is 0 Å². The second-order valence-electron chi connectivity index (χ2n) is 4.64. The first-order valence-electron chi connectivity index (χ1n) is 6.35. The zero-order valence-corrected chi connectivity index (χ0v) is 12.5. The molecule has 0 aromatic carbocycles. The van der Waals surface area contributed by atoms with Crippen LogP contribution in [0.2, 0.25) is 0 Å². The number of nitrogens with one attached hydrogen (secondary N) is 2. The Kier molecular flexibility index (Phi) is 5.88. The number of hydrogen-bond donors (Lipinski definition) is 3. The predicted molar refractivity (Wildman–Crippen MR) is 75.6 cm³/mol. The van der Waals surface area contributed by atoms with Crippen molar-refractivity contribution in [2.45, 2.75) is 45.1 Å². The Hall–Kier alpha value is -0.810. The fourth-order valence-electron chi connectivity index (χ4n) is 2.07. The molecule has 0 aliphatic rings. The molecule has 0 aliphatic carbocycles. The lowest BCUT2D eigenvalue weighted by molar-refractivity contribution is 0.0212. The van der Waals surface area contributed by atoms with Crippen molar-refractivity contribution in [3.05, 3.63) is 22.4 Å². The number of aromatic amines is 1. The van der Waals surface area contributed by atoms with E-state index < -0.39 is 5.60 Å². The first-order chi connectivity index (χ1) is 8.50. The molecule has 0 spiro atoms. The quantitative estimate of drug-likeness (QED) is 0.724. The minimum atomic E-state index is -0.789. The van der Waals surface area contributed by atoms with E-state index >= 15 is 0 Å². The highest BCUT2D eigenvalue weighted by Gasteiger charge is 2.25. The van der Waals surface area contributed by atoms with E-state index in [1.807, 2.05) is 13.8 Å². The van der Waals surface area contributed by atoms with Gasteiger partial charge in [-0.05, 0) is 34.8 Å². The van der Waals surface area contributed by atoms with Gasteiger partial charge < -0.3 is 15.4 Å². The third kappa shape index (κ3) is 4.46. The third-order valence-electron chi connectivity index (χ3n) is 2.90. The van der Waals surface area contributed by atoms with Gasteiger partial charge in [0, 0.05) is 17.2 Å². The van der Waals surface area contributed by atoms with Crippen LogP contribution in [0.3, 0.4) is 0 Å². The molecule has 1 aromatic heterocycles. The molecule has 0 atom stereocenters. The Labute approximate surface area is 116 Å². The van der Waals surface area contributed by atoms with E-state index in [0.717, 1.165) is 17.3 Å². The smallest absolute Gasteiger partial charge is 0.267 e. The van der Waals surface area contributed by atoms with Crippen LogP contribution in [-0.2, 0) is 0 Å². The summed E-state index contributed by atoms with van der Waals surface area (Å²) in [5, 5.41) is 13.2. The Bertz CT molecular complexity index is 384. The van der Waals surface area contributed by atoms with Crippen LogP contribution in [0.25, 0.3) is 0 Å². The molecule has 1 amide bonds. The average molecular weight is 317 g/mol. The van der Waals surface area contributed by atoms with Gasteiger partial charge in [-0.2, -0.15) is 0 Å². The summed E-state index contributed by atoms with van der Waals surface area (Å²) >= 11 is 3.28. The van der Waals surface area contributed by atoms with E-state index in [-0.39, 0.29) is 5.91 Å². The molecular formula is C13H21BrN2O2. The highest BCUT2D eigenvalue weighted by Crippen LogP contribution is 2.18. The van der Waals surface area contributed by atoms with Gasteiger partial charge in [-0.3, -0.25) is 4.79 Å². The first kappa shape index (κ1) is 15.2. The van der Waals surface area contributed by atoms with Crippen molar-refractivity contribution in [3.63, 3.8) is 0 Å². The van der Waals surface area contributed by atoms with E-state index in [2.05, 4.69) is 26.2 Å². The lowest BCUT2D eigenvalue weighted by atomic mass is 9.92. The minimum Gasteiger partial charge on any atom is -0.388 e. The highest BCUT2D eigenvalue weighted by atomic mass is 79.9. The zero-order valence-electron chi connectivity index (χ0n) is 10.9. The maximum Gasteiger partial charge on any atom is 0.267 e. The van der Waals surface area contributed by atoms with Gasteiger partial charge in [0.1, 0.15) is 5.69 Å². The van der Waals surface area contributed by atoms with Crippen molar-refractivity contribution in [1.82, 2.24) is 10.3 Å². The standard InChI is InChI=1S/C13H21BrN2O2/c1-3-5-13(18,6-4-2)9-16-12(17)11-7-10(14)8-15-11/h7-8,15,18H,3-6,9H2,1-2H3,(H,16,17). The van der Waals surface area contributed by atoms with E-state index in [1.54, 1.807) is 12.3 Å². The second-order valence-corrected chi connectivity index (χ2v) is 5.55. The topological polar surface area (TPSA) is 65.1 Å². The Morgan fingerprint density at radius 1 is 1.44 bits per heavy atom. The number of halogens is 1. The summed E-state index contributed by atoms with van der Waals surface area (Å²) in [6.45, 7) is 4.36. The fraction of sp³-hybridized carbons (Fsp3) is 0.615. The van der Waals surface area contributed by atoms with E-state index in [0.29, 0.717) is 25.1 Å². The summed E-state index contributed by atoms with van der Waals surface area (Å²) in [5.74, 6) is -0.189. The van der Waals surface area contributed by atoms with Crippen LogP contribution in [-0.4, -0.2) is 28.1 Å². The molecule has 3 N–H and O–H groups in total. The van der Waals surface area contributed by atoms with Crippen LogP contribution in [0.1, 0.15) is 50.0 Å². The zero-order chi connectivity index (χ0) is 13.6. The maximum atomic E-state index is 11.8. The van der Waals surface area contributed by atoms with Crippen LogP contribution in [0.4, 0.5) is 0 Å². The fourth-order valence-corrected chi connectivity index (χ4v) is 2.41. The molecular weight excluding hydrogens is 296 g/mol. The number of rotatable bonds is 7. The Morgan fingerprint density at radius 2 is 2.06 bits per heavy atom. The van der Waals surface area contributed by atoms with Crippen molar-refractivity contribution >= 4 is 21.8 Å². The van der Waals surface area contributed by atoms with Crippen LogP contribution in [0.5, 0.6) is 0 Å². The molecule has 1 aromatic rings. The number of carbonyl (C=O) groups is 1. The second kappa shape index (κ2) is 6.95. The summed E-state index contributed by atoms with van der Waals surface area (Å²) in [7, 11) is 0. The normalized spacial score (nSPS) is 11.6. The van der Waals surface area contributed by atoms with Gasteiger partial charge >= 0.3 is 0 Å². The third-order valence-corrected chi connectivity index (χ3v) is 3.36. The highest BCUT2D eigenvalue weighted by molar-refractivity contribution is 9.10. The number of amides is 1. The van der Waals surface area contributed by atoms with Gasteiger partial charge in [0.15, 0.2) is 0 Å². The van der Waals surface area contributed by atoms with Crippen LogP contribution in [0, 0.1) is 0 Å². The lowest BCUT2D eigenvalue weighted by Crippen LogP contribution is -2.42. The monoisotopic (exact) mass is 316 g/mol. The van der Waals surface area contributed by atoms with Crippen molar-refractivity contribution in [2.24, 2.45) is 0 Å². The predicted octanol–water partition coefficient (Wildman–Crippen LogP) is 2.84. The number of carbonyl (C=O) groups excluding carboxylic acids is 1. The molecule has 0 bridgehead atoms. The molecule has 0 saturated carbocycles. The molecule has 0 unspecified atom stereocenters. The number of aliphatic hydroxyl groups is 1. The molecule has 102 valence electrons. The largest absolute Gasteiger partial charge is 0.388 e. The minimum absolute atomic E-state index is 0.189. The van der Waals surface area contributed by atoms with Crippen LogP contribution in [0.15, 0.2) is 16.7 Å².